The molecule has 5 rings (SSSR count). The van der Waals surface area contributed by atoms with Crippen molar-refractivity contribution in [3.8, 4) is 0 Å². The minimum absolute atomic E-state index is 0.0979. The Morgan fingerprint density at radius 3 is 2.47 bits per heavy atom. The molecule has 0 saturated heterocycles. The number of amides is 1. The van der Waals surface area contributed by atoms with E-state index in [1.807, 2.05) is 77.5 Å². The molecular weight excluding hydrogens is 372 g/mol. The Balaban J connectivity index is 1.52. The second-order valence-corrected chi connectivity index (χ2v) is 7.17. The predicted molar refractivity (Wildman–Crippen MR) is 120 cm³/mol. The van der Waals surface area contributed by atoms with Crippen molar-refractivity contribution in [2.24, 2.45) is 0 Å². The van der Waals surface area contributed by atoms with Gasteiger partial charge in [-0.3, -0.25) is 4.79 Å². The minimum Gasteiger partial charge on any atom is -0.354 e. The number of nitrogens with one attached hydrogen (secondary N) is 2. The van der Waals surface area contributed by atoms with E-state index < -0.39 is 0 Å². The van der Waals surface area contributed by atoms with E-state index in [1.54, 1.807) is 12.5 Å². The first-order valence-electron chi connectivity index (χ1n) is 9.80. The van der Waals surface area contributed by atoms with E-state index in [4.69, 9.17) is 0 Å². The Hall–Kier alpha value is -4.12. The van der Waals surface area contributed by atoms with Crippen LogP contribution >= 0.6 is 0 Å². The summed E-state index contributed by atoms with van der Waals surface area (Å²) in [4.78, 5) is 16.9. The van der Waals surface area contributed by atoms with Gasteiger partial charge in [0, 0.05) is 35.9 Å². The zero-order valence-electron chi connectivity index (χ0n) is 16.2. The Labute approximate surface area is 174 Å². The lowest BCUT2D eigenvalue weighted by Gasteiger charge is -2.15. The van der Waals surface area contributed by atoms with Crippen LogP contribution in [0.2, 0.25) is 0 Å². The Bertz CT molecular complexity index is 1210. The Morgan fingerprint density at radius 1 is 0.933 bits per heavy atom. The number of anilines is 2. The fraction of sp³-hybridized carbons (Fsp3) is 0.0400. The molecule has 30 heavy (non-hydrogen) atoms. The van der Waals surface area contributed by atoms with Crippen molar-refractivity contribution in [3.05, 3.63) is 114 Å². The van der Waals surface area contributed by atoms with Crippen molar-refractivity contribution in [2.45, 2.75) is 6.54 Å². The van der Waals surface area contributed by atoms with E-state index in [1.165, 1.54) is 5.56 Å². The first kappa shape index (κ1) is 17.9. The van der Waals surface area contributed by atoms with Gasteiger partial charge >= 0.3 is 0 Å². The van der Waals surface area contributed by atoms with Crippen molar-refractivity contribution in [1.82, 2.24) is 9.55 Å². The minimum atomic E-state index is -0.0979. The van der Waals surface area contributed by atoms with Gasteiger partial charge in [-0.2, -0.15) is 0 Å². The lowest BCUT2D eigenvalue weighted by atomic mass is 10.00. The number of carbonyl (C=O) groups excluding carboxylic acids is 1. The van der Waals surface area contributed by atoms with Crippen LogP contribution in [-0.2, 0) is 11.3 Å². The van der Waals surface area contributed by atoms with Gasteiger partial charge in [0.25, 0.3) is 5.91 Å². The molecule has 0 radical (unpaired) electrons. The average molecular weight is 392 g/mol. The first-order chi connectivity index (χ1) is 14.8. The van der Waals surface area contributed by atoms with E-state index in [0.717, 1.165) is 34.7 Å². The summed E-state index contributed by atoms with van der Waals surface area (Å²) < 4.78 is 2.03. The molecule has 1 aromatic heterocycles. The number of hydrogen-bond acceptors (Lipinski definition) is 3. The van der Waals surface area contributed by atoms with Gasteiger partial charge in [0.2, 0.25) is 0 Å². The molecule has 0 spiro atoms. The summed E-state index contributed by atoms with van der Waals surface area (Å²) in [5, 5.41) is 6.47. The van der Waals surface area contributed by atoms with Gasteiger partial charge in [0.05, 0.1) is 17.6 Å². The highest BCUT2D eigenvalue weighted by atomic mass is 16.2. The molecule has 0 bridgehead atoms. The topological polar surface area (TPSA) is 59.0 Å². The third-order valence-corrected chi connectivity index (χ3v) is 5.13. The monoisotopic (exact) mass is 392 g/mol. The number of fused-ring (bicyclic) bond motifs is 1. The number of aromatic nitrogens is 2. The van der Waals surface area contributed by atoms with E-state index in [-0.39, 0.29) is 5.91 Å². The van der Waals surface area contributed by atoms with E-state index >= 15 is 0 Å². The van der Waals surface area contributed by atoms with Crippen molar-refractivity contribution in [3.63, 3.8) is 0 Å². The number of para-hydroxylation sites is 1. The smallest absolute Gasteiger partial charge is 0.258 e. The summed E-state index contributed by atoms with van der Waals surface area (Å²) in [6.07, 6.45) is 5.53. The highest BCUT2D eigenvalue weighted by Crippen LogP contribution is 2.37. The number of hydrogen-bond donors (Lipinski definition) is 2. The molecule has 0 aliphatic carbocycles. The summed E-state index contributed by atoms with van der Waals surface area (Å²) in [6, 6.07) is 26.0. The highest BCUT2D eigenvalue weighted by molar-refractivity contribution is 6.37. The van der Waals surface area contributed by atoms with Crippen LogP contribution < -0.4 is 10.6 Å². The predicted octanol–water partition coefficient (Wildman–Crippen LogP) is 4.86. The van der Waals surface area contributed by atoms with E-state index in [9.17, 15) is 4.79 Å². The molecule has 1 aliphatic rings. The molecule has 1 aliphatic heterocycles. The molecule has 0 atom stereocenters. The van der Waals surface area contributed by atoms with Crippen molar-refractivity contribution < 1.29 is 4.79 Å². The third kappa shape index (κ3) is 3.49. The van der Waals surface area contributed by atoms with Crippen LogP contribution in [-0.4, -0.2) is 15.5 Å². The maximum absolute atomic E-state index is 12.9. The van der Waals surface area contributed by atoms with Crippen LogP contribution in [0.15, 0.2) is 97.6 Å². The number of rotatable bonds is 5. The molecule has 146 valence electrons. The third-order valence-electron chi connectivity index (χ3n) is 5.13. The number of benzene rings is 3. The summed E-state index contributed by atoms with van der Waals surface area (Å²) in [7, 11) is 0. The molecule has 0 fully saturated rings. The van der Waals surface area contributed by atoms with Crippen LogP contribution in [0, 0.1) is 0 Å². The summed E-state index contributed by atoms with van der Waals surface area (Å²) in [5.41, 5.74) is 6.25. The number of carbonyl (C=O) groups is 1. The van der Waals surface area contributed by atoms with Crippen molar-refractivity contribution >= 4 is 28.6 Å². The van der Waals surface area contributed by atoms with Crippen LogP contribution in [0.5, 0.6) is 0 Å². The SMILES string of the molecule is O=C1Nc2ccccc2/C1=C(/Nc1ccc(Cn2ccnc2)cc1)c1ccccc1. The van der Waals surface area contributed by atoms with Crippen LogP contribution in [0.25, 0.3) is 11.3 Å². The van der Waals surface area contributed by atoms with Gasteiger partial charge in [-0.1, -0.05) is 60.7 Å². The fourth-order valence-electron chi connectivity index (χ4n) is 3.68. The zero-order valence-corrected chi connectivity index (χ0v) is 16.2. The highest BCUT2D eigenvalue weighted by Gasteiger charge is 2.27. The molecule has 0 unspecified atom stereocenters. The van der Waals surface area contributed by atoms with Gasteiger partial charge in [-0.25, -0.2) is 4.98 Å². The molecule has 4 aromatic rings. The van der Waals surface area contributed by atoms with Gasteiger partial charge in [-0.15, -0.1) is 0 Å². The maximum atomic E-state index is 12.9. The second kappa shape index (κ2) is 7.72. The lowest BCUT2D eigenvalue weighted by molar-refractivity contribution is -0.110. The summed E-state index contributed by atoms with van der Waals surface area (Å²) >= 11 is 0. The number of nitrogens with zero attached hydrogens (tertiary/aromatic N) is 2. The van der Waals surface area contributed by atoms with Crippen molar-refractivity contribution in [1.29, 1.82) is 0 Å². The van der Waals surface area contributed by atoms with Gasteiger partial charge in [-0.05, 0) is 29.3 Å². The van der Waals surface area contributed by atoms with Crippen LogP contribution in [0.3, 0.4) is 0 Å². The zero-order chi connectivity index (χ0) is 20.3. The molecule has 3 aromatic carbocycles. The van der Waals surface area contributed by atoms with Crippen LogP contribution in [0.4, 0.5) is 11.4 Å². The normalized spacial score (nSPS) is 14.2. The maximum Gasteiger partial charge on any atom is 0.258 e. The van der Waals surface area contributed by atoms with Crippen LogP contribution in [0.1, 0.15) is 16.7 Å². The Kier molecular flexibility index (Phi) is 4.62. The standard InChI is InChI=1S/C25H20N4O/c30-25-23(21-8-4-5-9-22(21)28-25)24(19-6-2-1-3-7-19)27-20-12-10-18(11-13-20)16-29-15-14-26-17-29/h1-15,17,27H,16H2,(H,28,30)/b24-23-. The first-order valence-corrected chi connectivity index (χ1v) is 9.80. The van der Waals surface area contributed by atoms with Gasteiger partial charge in [0.15, 0.2) is 0 Å². The molecule has 1 amide bonds. The number of imidazole rings is 1. The molecular formula is C25H20N4O. The van der Waals surface area contributed by atoms with Gasteiger partial charge in [0.1, 0.15) is 0 Å². The second-order valence-electron chi connectivity index (χ2n) is 7.17. The molecule has 5 nitrogen and oxygen atoms in total. The molecule has 2 N–H and O–H groups in total. The van der Waals surface area contributed by atoms with Gasteiger partial charge < -0.3 is 15.2 Å². The summed E-state index contributed by atoms with van der Waals surface area (Å²) in [6.45, 7) is 0.767. The van der Waals surface area contributed by atoms with Crippen molar-refractivity contribution in [2.75, 3.05) is 10.6 Å². The largest absolute Gasteiger partial charge is 0.354 e. The average Bonchev–Trinajstić information content (AvgIpc) is 3.41. The molecule has 2 heterocycles. The van der Waals surface area contributed by atoms with E-state index in [2.05, 4.69) is 27.8 Å². The van der Waals surface area contributed by atoms with E-state index in [0.29, 0.717) is 5.57 Å². The lowest BCUT2D eigenvalue weighted by Crippen LogP contribution is -2.10. The molecule has 5 heteroatoms. The quantitative estimate of drug-likeness (QED) is 0.477. The fourth-order valence-corrected chi connectivity index (χ4v) is 3.68. The summed E-state index contributed by atoms with van der Waals surface area (Å²) in [5.74, 6) is -0.0979. The Morgan fingerprint density at radius 2 is 1.70 bits per heavy atom. The molecule has 0 saturated carbocycles.